The molecule has 0 bridgehead atoms. The second kappa shape index (κ2) is 4.20. The van der Waals surface area contributed by atoms with E-state index < -0.39 is 0 Å². The van der Waals surface area contributed by atoms with Gasteiger partial charge in [-0.1, -0.05) is 11.6 Å². The van der Waals surface area contributed by atoms with Crippen LogP contribution in [0.2, 0.25) is 5.02 Å². The molecule has 0 fully saturated rings. The van der Waals surface area contributed by atoms with Crippen LogP contribution in [0.4, 0.5) is 0 Å². The number of ether oxygens (including phenoxy) is 1. The third-order valence-corrected chi connectivity index (χ3v) is 2.36. The van der Waals surface area contributed by atoms with Crippen LogP contribution in [0.15, 0.2) is 22.8 Å². The number of nitrogens with zero attached hydrogens (tertiary/aromatic N) is 2. The minimum absolute atomic E-state index is 0.339. The van der Waals surface area contributed by atoms with Crippen LogP contribution >= 0.6 is 27.5 Å². The Morgan fingerprint density at radius 3 is 2.87 bits per heavy atom. The van der Waals surface area contributed by atoms with Crippen molar-refractivity contribution in [1.29, 1.82) is 0 Å². The fourth-order valence-electron chi connectivity index (χ4n) is 1.02. The number of pyridine rings is 1. The minimum atomic E-state index is 0.339. The van der Waals surface area contributed by atoms with E-state index in [1.807, 2.05) is 6.92 Å². The number of nitrogens with one attached hydrogen (secondary N) is 1. The lowest BCUT2D eigenvalue weighted by Crippen LogP contribution is -1.88. The first-order valence-corrected chi connectivity index (χ1v) is 5.33. The molecular weight excluding hydrogens is 281 g/mol. The van der Waals surface area contributed by atoms with Crippen molar-refractivity contribution >= 4 is 27.5 Å². The van der Waals surface area contributed by atoms with Gasteiger partial charge in [0.15, 0.2) is 0 Å². The predicted octanol–water partition coefficient (Wildman–Crippen LogP) is 3.32. The number of H-pyrrole nitrogens is 1. The maximum atomic E-state index is 5.93. The van der Waals surface area contributed by atoms with Crippen molar-refractivity contribution in [3.05, 3.63) is 33.5 Å². The first kappa shape index (κ1) is 10.4. The van der Waals surface area contributed by atoms with Crippen molar-refractivity contribution in [3.63, 3.8) is 0 Å². The summed E-state index contributed by atoms with van der Waals surface area (Å²) in [6.07, 6.45) is 1.61. The van der Waals surface area contributed by atoms with Crippen LogP contribution in [0, 0.1) is 6.92 Å². The number of halogens is 2. The van der Waals surface area contributed by atoms with Crippen LogP contribution in [0.5, 0.6) is 11.8 Å². The molecule has 0 aliphatic carbocycles. The molecule has 2 aromatic rings. The summed E-state index contributed by atoms with van der Waals surface area (Å²) in [7, 11) is 0. The Labute approximate surface area is 99.8 Å². The highest BCUT2D eigenvalue weighted by Crippen LogP contribution is 2.28. The monoisotopic (exact) mass is 287 g/mol. The molecule has 2 heterocycles. The average molecular weight is 289 g/mol. The third kappa shape index (κ3) is 2.49. The summed E-state index contributed by atoms with van der Waals surface area (Å²) in [5.74, 6) is 0.788. The molecule has 0 amide bonds. The molecule has 0 saturated carbocycles. The van der Waals surface area contributed by atoms with Crippen LogP contribution < -0.4 is 4.74 Å². The molecule has 0 radical (unpaired) electrons. The number of rotatable bonds is 2. The van der Waals surface area contributed by atoms with Gasteiger partial charge in [0, 0.05) is 22.4 Å². The smallest absolute Gasteiger partial charge is 0.240 e. The average Bonchev–Trinajstić information content (AvgIpc) is 2.56. The summed E-state index contributed by atoms with van der Waals surface area (Å²) < 4.78 is 6.18. The molecule has 1 N–H and O–H groups in total. The Balaban J connectivity index is 2.24. The second-order valence-electron chi connectivity index (χ2n) is 2.93. The van der Waals surface area contributed by atoms with Crippen molar-refractivity contribution in [2.24, 2.45) is 0 Å². The van der Waals surface area contributed by atoms with E-state index in [2.05, 4.69) is 31.1 Å². The molecule has 0 atom stereocenters. The Hall–Kier alpha value is -1.07. The highest BCUT2D eigenvalue weighted by Gasteiger charge is 2.07. The zero-order chi connectivity index (χ0) is 10.8. The number of aromatic nitrogens is 3. The molecular formula is C9H7BrClN3O. The summed E-state index contributed by atoms with van der Waals surface area (Å²) in [6, 6.07) is 3.48. The van der Waals surface area contributed by atoms with Crippen molar-refractivity contribution in [1.82, 2.24) is 15.2 Å². The highest BCUT2D eigenvalue weighted by atomic mass is 79.9. The second-order valence-corrected chi connectivity index (χ2v) is 4.25. The SMILES string of the molecule is Cc1cc(Oc2ncc(Br)cc2Cl)n[nH]1. The van der Waals surface area contributed by atoms with Crippen molar-refractivity contribution in [2.75, 3.05) is 0 Å². The van der Waals surface area contributed by atoms with Gasteiger partial charge in [-0.25, -0.2) is 4.98 Å². The quantitative estimate of drug-likeness (QED) is 0.922. The molecule has 0 unspecified atom stereocenters. The zero-order valence-corrected chi connectivity index (χ0v) is 10.1. The van der Waals surface area contributed by atoms with Gasteiger partial charge in [0.1, 0.15) is 5.02 Å². The summed E-state index contributed by atoms with van der Waals surface area (Å²) in [4.78, 5) is 4.03. The number of aryl methyl sites for hydroxylation is 1. The van der Waals surface area contributed by atoms with Gasteiger partial charge in [0.25, 0.3) is 0 Å². The number of hydrogen-bond donors (Lipinski definition) is 1. The van der Waals surface area contributed by atoms with E-state index in [4.69, 9.17) is 16.3 Å². The topological polar surface area (TPSA) is 50.8 Å². The van der Waals surface area contributed by atoms with E-state index >= 15 is 0 Å². The van der Waals surface area contributed by atoms with Crippen molar-refractivity contribution in [2.45, 2.75) is 6.92 Å². The van der Waals surface area contributed by atoms with Gasteiger partial charge in [0.05, 0.1) is 0 Å². The van der Waals surface area contributed by atoms with E-state index in [1.165, 1.54) is 0 Å². The molecule has 2 rings (SSSR count). The van der Waals surface area contributed by atoms with Gasteiger partial charge >= 0.3 is 0 Å². The van der Waals surface area contributed by atoms with Crippen LogP contribution in [0.1, 0.15) is 5.69 Å². The van der Waals surface area contributed by atoms with Crippen LogP contribution in [-0.2, 0) is 0 Å². The number of hydrogen-bond acceptors (Lipinski definition) is 3. The molecule has 2 aromatic heterocycles. The Morgan fingerprint density at radius 2 is 2.27 bits per heavy atom. The van der Waals surface area contributed by atoms with E-state index in [-0.39, 0.29) is 0 Å². The van der Waals surface area contributed by atoms with Gasteiger partial charge < -0.3 is 4.74 Å². The van der Waals surface area contributed by atoms with E-state index in [0.717, 1.165) is 10.2 Å². The summed E-state index contributed by atoms with van der Waals surface area (Å²) in [5.41, 5.74) is 0.915. The maximum Gasteiger partial charge on any atom is 0.240 e. The standard InChI is InChI=1S/C9H7BrClN3O/c1-5-2-8(14-13-5)15-9-7(11)3-6(10)4-12-9/h2-4H,1H3,(H,13,14). The molecule has 0 aliphatic rings. The lowest BCUT2D eigenvalue weighted by molar-refractivity contribution is 0.443. The first-order chi connectivity index (χ1) is 7.15. The molecule has 4 nitrogen and oxygen atoms in total. The molecule has 0 saturated heterocycles. The van der Waals surface area contributed by atoms with E-state index in [9.17, 15) is 0 Å². The Bertz CT molecular complexity index is 486. The normalized spacial score (nSPS) is 10.3. The lowest BCUT2D eigenvalue weighted by Gasteiger charge is -2.02. The van der Waals surface area contributed by atoms with Crippen LogP contribution in [0.25, 0.3) is 0 Å². The molecule has 0 spiro atoms. The van der Waals surface area contributed by atoms with E-state index in [0.29, 0.717) is 16.8 Å². The van der Waals surface area contributed by atoms with Gasteiger partial charge in [0.2, 0.25) is 11.8 Å². The van der Waals surface area contributed by atoms with Crippen LogP contribution in [-0.4, -0.2) is 15.2 Å². The maximum absolute atomic E-state index is 5.93. The van der Waals surface area contributed by atoms with Gasteiger partial charge in [-0.3, -0.25) is 5.10 Å². The summed E-state index contributed by atoms with van der Waals surface area (Å²) >= 11 is 9.19. The van der Waals surface area contributed by atoms with E-state index in [1.54, 1.807) is 18.3 Å². The first-order valence-electron chi connectivity index (χ1n) is 4.16. The lowest BCUT2D eigenvalue weighted by atomic mass is 10.5. The Kier molecular flexibility index (Phi) is 2.93. The highest BCUT2D eigenvalue weighted by molar-refractivity contribution is 9.10. The fraction of sp³-hybridized carbons (Fsp3) is 0.111. The summed E-state index contributed by atoms with van der Waals surface area (Å²) in [5, 5.41) is 7.12. The molecule has 78 valence electrons. The zero-order valence-electron chi connectivity index (χ0n) is 7.79. The van der Waals surface area contributed by atoms with Gasteiger partial charge in [-0.15, -0.1) is 5.10 Å². The van der Waals surface area contributed by atoms with Gasteiger partial charge in [-0.05, 0) is 28.9 Å². The minimum Gasteiger partial charge on any atom is -0.417 e. The molecule has 15 heavy (non-hydrogen) atoms. The summed E-state index contributed by atoms with van der Waals surface area (Å²) in [6.45, 7) is 1.89. The Morgan fingerprint density at radius 1 is 1.47 bits per heavy atom. The third-order valence-electron chi connectivity index (χ3n) is 1.66. The fourth-order valence-corrected chi connectivity index (χ4v) is 1.69. The molecule has 0 aromatic carbocycles. The van der Waals surface area contributed by atoms with Crippen molar-refractivity contribution < 1.29 is 4.74 Å². The number of aromatic amines is 1. The predicted molar refractivity (Wildman–Crippen MR) is 60.3 cm³/mol. The van der Waals surface area contributed by atoms with Gasteiger partial charge in [-0.2, -0.15) is 0 Å². The van der Waals surface area contributed by atoms with Crippen molar-refractivity contribution in [3.8, 4) is 11.8 Å². The molecule has 6 heteroatoms. The largest absolute Gasteiger partial charge is 0.417 e. The van der Waals surface area contributed by atoms with Crippen LogP contribution in [0.3, 0.4) is 0 Å². The molecule has 0 aliphatic heterocycles.